The number of esters is 1. The van der Waals surface area contributed by atoms with Crippen LogP contribution in [0.3, 0.4) is 0 Å². The van der Waals surface area contributed by atoms with E-state index in [2.05, 4.69) is 10.1 Å². The Labute approximate surface area is 144 Å². The van der Waals surface area contributed by atoms with Gasteiger partial charge in [-0.2, -0.15) is 18.2 Å². The normalized spacial score (nSPS) is 11.3. The maximum atomic E-state index is 12.6. The van der Waals surface area contributed by atoms with Gasteiger partial charge in [-0.15, -0.1) is 0 Å². The zero-order valence-electron chi connectivity index (χ0n) is 13.0. The quantitative estimate of drug-likeness (QED) is 0.709. The largest absolute Gasteiger partial charge is 0.507 e. The molecular formula is C17H11F3N2O4. The van der Waals surface area contributed by atoms with Gasteiger partial charge in [0.2, 0.25) is 5.82 Å². The van der Waals surface area contributed by atoms with Gasteiger partial charge in [-0.3, -0.25) is 0 Å². The van der Waals surface area contributed by atoms with Crippen molar-refractivity contribution in [2.24, 2.45) is 0 Å². The highest BCUT2D eigenvalue weighted by atomic mass is 19.4. The van der Waals surface area contributed by atoms with Crippen LogP contribution in [-0.2, 0) is 17.5 Å². The smallest absolute Gasteiger partial charge is 0.416 e. The molecule has 1 heterocycles. The zero-order valence-corrected chi connectivity index (χ0v) is 13.0. The number of rotatable bonds is 4. The van der Waals surface area contributed by atoms with Gasteiger partial charge in [0.05, 0.1) is 5.56 Å². The fourth-order valence-corrected chi connectivity index (χ4v) is 2.09. The lowest BCUT2D eigenvalue weighted by Crippen LogP contribution is -2.05. The van der Waals surface area contributed by atoms with E-state index < -0.39 is 17.7 Å². The van der Waals surface area contributed by atoms with E-state index in [0.29, 0.717) is 5.56 Å². The summed E-state index contributed by atoms with van der Waals surface area (Å²) in [7, 11) is 0. The molecule has 0 aliphatic heterocycles. The standard InChI is InChI=1S/C17H11F3N2O4/c18-17(19,20)11-7-5-10(6-8-11)15-21-14(26-22-15)9-25-16(24)12-3-1-2-4-13(12)23/h1-8,23H,9H2. The summed E-state index contributed by atoms with van der Waals surface area (Å²) in [6.45, 7) is -0.346. The van der Waals surface area contributed by atoms with E-state index in [1.165, 1.54) is 24.3 Å². The first-order valence-electron chi connectivity index (χ1n) is 7.30. The number of ether oxygens (including phenoxy) is 1. The third kappa shape index (κ3) is 3.82. The first-order chi connectivity index (χ1) is 12.3. The molecule has 3 rings (SSSR count). The summed E-state index contributed by atoms with van der Waals surface area (Å²) >= 11 is 0. The Morgan fingerprint density at radius 1 is 1.12 bits per heavy atom. The van der Waals surface area contributed by atoms with Crippen molar-refractivity contribution in [3.63, 3.8) is 0 Å². The molecule has 0 aliphatic carbocycles. The molecule has 1 aromatic heterocycles. The summed E-state index contributed by atoms with van der Waals surface area (Å²) in [6, 6.07) is 10.1. The average molecular weight is 364 g/mol. The number of hydrogen-bond acceptors (Lipinski definition) is 6. The molecule has 0 bridgehead atoms. The Morgan fingerprint density at radius 2 is 1.81 bits per heavy atom. The Morgan fingerprint density at radius 3 is 2.46 bits per heavy atom. The minimum Gasteiger partial charge on any atom is -0.507 e. The van der Waals surface area contributed by atoms with Gasteiger partial charge in [-0.25, -0.2) is 4.79 Å². The highest BCUT2D eigenvalue weighted by Crippen LogP contribution is 2.30. The molecule has 6 nitrogen and oxygen atoms in total. The fourth-order valence-electron chi connectivity index (χ4n) is 2.09. The van der Waals surface area contributed by atoms with Crippen LogP contribution in [0.15, 0.2) is 53.1 Å². The van der Waals surface area contributed by atoms with Crippen LogP contribution in [-0.4, -0.2) is 21.2 Å². The molecule has 0 aliphatic rings. The van der Waals surface area contributed by atoms with Crippen LogP contribution < -0.4 is 0 Å². The molecule has 0 radical (unpaired) electrons. The fraction of sp³-hybridized carbons (Fsp3) is 0.118. The van der Waals surface area contributed by atoms with E-state index in [9.17, 15) is 23.1 Å². The van der Waals surface area contributed by atoms with Gasteiger partial charge < -0.3 is 14.4 Å². The van der Waals surface area contributed by atoms with Crippen molar-refractivity contribution < 1.29 is 32.3 Å². The van der Waals surface area contributed by atoms with Crippen molar-refractivity contribution in [3.8, 4) is 17.1 Å². The van der Waals surface area contributed by atoms with Crippen molar-refractivity contribution in [2.45, 2.75) is 12.8 Å². The number of nitrogens with zero attached hydrogens (tertiary/aromatic N) is 2. The van der Waals surface area contributed by atoms with Gasteiger partial charge in [-0.05, 0) is 24.3 Å². The van der Waals surface area contributed by atoms with Gasteiger partial charge in [0, 0.05) is 5.56 Å². The minimum absolute atomic E-state index is 0.0185. The highest BCUT2D eigenvalue weighted by molar-refractivity contribution is 5.92. The van der Waals surface area contributed by atoms with Gasteiger partial charge in [0.1, 0.15) is 11.3 Å². The van der Waals surface area contributed by atoms with Crippen molar-refractivity contribution in [1.82, 2.24) is 10.1 Å². The van der Waals surface area contributed by atoms with Crippen LogP contribution in [0.25, 0.3) is 11.4 Å². The molecule has 0 fully saturated rings. The molecule has 0 spiro atoms. The molecule has 26 heavy (non-hydrogen) atoms. The van der Waals surface area contributed by atoms with Gasteiger partial charge in [0.15, 0.2) is 6.61 Å². The summed E-state index contributed by atoms with van der Waals surface area (Å²) in [5.74, 6) is -0.984. The molecule has 2 aromatic carbocycles. The van der Waals surface area contributed by atoms with E-state index in [1.54, 1.807) is 12.1 Å². The third-order valence-electron chi connectivity index (χ3n) is 3.39. The molecule has 1 N–H and O–H groups in total. The average Bonchev–Trinajstić information content (AvgIpc) is 3.08. The lowest BCUT2D eigenvalue weighted by atomic mass is 10.1. The summed E-state index contributed by atoms with van der Waals surface area (Å²) in [6.07, 6.45) is -4.43. The van der Waals surface area contributed by atoms with Crippen LogP contribution in [0.4, 0.5) is 13.2 Å². The zero-order chi connectivity index (χ0) is 18.7. The number of aromatic hydroxyl groups is 1. The minimum atomic E-state index is -4.43. The maximum Gasteiger partial charge on any atom is 0.416 e. The molecule has 0 amide bonds. The lowest BCUT2D eigenvalue weighted by Gasteiger charge is -2.05. The second-order valence-corrected chi connectivity index (χ2v) is 5.18. The summed E-state index contributed by atoms with van der Waals surface area (Å²) in [5.41, 5.74) is -0.489. The second-order valence-electron chi connectivity index (χ2n) is 5.18. The number of para-hydroxylation sites is 1. The molecular weight excluding hydrogens is 353 g/mol. The lowest BCUT2D eigenvalue weighted by molar-refractivity contribution is -0.137. The molecule has 9 heteroatoms. The monoisotopic (exact) mass is 364 g/mol. The van der Waals surface area contributed by atoms with Crippen molar-refractivity contribution in [3.05, 3.63) is 65.5 Å². The number of hydrogen-bond donors (Lipinski definition) is 1. The Hall–Kier alpha value is -3.36. The van der Waals surface area contributed by atoms with Crippen LogP contribution in [0.1, 0.15) is 21.8 Å². The Bertz CT molecular complexity index is 920. The van der Waals surface area contributed by atoms with E-state index in [1.807, 2.05) is 0 Å². The number of alkyl halides is 3. The number of phenols is 1. The Balaban J connectivity index is 1.67. The van der Waals surface area contributed by atoms with Gasteiger partial charge in [0.25, 0.3) is 5.89 Å². The van der Waals surface area contributed by atoms with E-state index in [-0.39, 0.29) is 29.6 Å². The predicted octanol–water partition coefficient (Wildman–Crippen LogP) is 3.82. The summed E-state index contributed by atoms with van der Waals surface area (Å²) < 4.78 is 47.5. The first kappa shape index (κ1) is 17.5. The molecule has 0 atom stereocenters. The molecule has 134 valence electrons. The van der Waals surface area contributed by atoms with Gasteiger partial charge in [-0.1, -0.05) is 29.4 Å². The number of benzene rings is 2. The molecule has 0 unspecified atom stereocenters. The number of carbonyl (C=O) groups is 1. The van der Waals surface area contributed by atoms with Crippen molar-refractivity contribution >= 4 is 5.97 Å². The van der Waals surface area contributed by atoms with Crippen molar-refractivity contribution in [1.29, 1.82) is 0 Å². The second kappa shape index (κ2) is 6.87. The SMILES string of the molecule is O=C(OCc1nc(-c2ccc(C(F)(F)F)cc2)no1)c1ccccc1O. The predicted molar refractivity (Wildman–Crippen MR) is 82.0 cm³/mol. The van der Waals surface area contributed by atoms with E-state index >= 15 is 0 Å². The van der Waals surface area contributed by atoms with Crippen LogP contribution >= 0.6 is 0 Å². The summed E-state index contributed by atoms with van der Waals surface area (Å²) in [5, 5.41) is 13.2. The van der Waals surface area contributed by atoms with Crippen LogP contribution in [0, 0.1) is 0 Å². The molecule has 3 aromatic rings. The third-order valence-corrected chi connectivity index (χ3v) is 3.39. The number of aromatic nitrogens is 2. The van der Waals surface area contributed by atoms with Gasteiger partial charge >= 0.3 is 12.1 Å². The maximum absolute atomic E-state index is 12.6. The number of phenolic OH excluding ortho intramolecular Hbond substituents is 1. The highest BCUT2D eigenvalue weighted by Gasteiger charge is 2.30. The Kier molecular flexibility index (Phi) is 4.61. The molecule has 0 saturated carbocycles. The topological polar surface area (TPSA) is 85.5 Å². The molecule has 0 saturated heterocycles. The van der Waals surface area contributed by atoms with Crippen LogP contribution in [0.5, 0.6) is 5.75 Å². The van der Waals surface area contributed by atoms with E-state index in [4.69, 9.17) is 9.26 Å². The summed E-state index contributed by atoms with van der Waals surface area (Å²) in [4.78, 5) is 15.8. The first-order valence-corrected chi connectivity index (χ1v) is 7.30. The van der Waals surface area contributed by atoms with E-state index in [0.717, 1.165) is 12.1 Å². The van der Waals surface area contributed by atoms with Crippen molar-refractivity contribution in [2.75, 3.05) is 0 Å². The van der Waals surface area contributed by atoms with Crippen LogP contribution in [0.2, 0.25) is 0 Å². The number of halogens is 3. The number of carbonyl (C=O) groups excluding carboxylic acids is 1.